The summed E-state index contributed by atoms with van der Waals surface area (Å²) in [5.41, 5.74) is 1.12. The Balaban J connectivity index is 2.02. The van der Waals surface area contributed by atoms with Crippen LogP contribution >= 0.6 is 15.9 Å². The lowest BCUT2D eigenvalue weighted by Gasteiger charge is -2.43. The van der Waals surface area contributed by atoms with Crippen LogP contribution in [0.5, 0.6) is 0 Å². The van der Waals surface area contributed by atoms with Crippen LogP contribution in [-0.2, 0) is 20.8 Å². The van der Waals surface area contributed by atoms with Crippen molar-refractivity contribution in [3.8, 4) is 0 Å². The number of hydroxylamine groups is 2. The summed E-state index contributed by atoms with van der Waals surface area (Å²) < 4.78 is 0. The molecular formula is C13H14BrNO3. The van der Waals surface area contributed by atoms with Crippen molar-refractivity contribution in [3.63, 3.8) is 0 Å². The van der Waals surface area contributed by atoms with Crippen molar-refractivity contribution < 1.29 is 14.4 Å². The smallest absolute Gasteiger partial charge is 0.329 e. The zero-order valence-corrected chi connectivity index (χ0v) is 11.6. The number of rotatable bonds is 4. The van der Waals surface area contributed by atoms with Gasteiger partial charge in [0.1, 0.15) is 0 Å². The van der Waals surface area contributed by atoms with E-state index in [2.05, 4.69) is 15.9 Å². The second kappa shape index (κ2) is 5.52. The molecule has 2 atom stereocenters. The summed E-state index contributed by atoms with van der Waals surface area (Å²) in [5.74, 6) is -0.711. The Morgan fingerprint density at radius 2 is 2.06 bits per heavy atom. The molecule has 2 unspecified atom stereocenters. The molecule has 0 aliphatic carbocycles. The summed E-state index contributed by atoms with van der Waals surface area (Å²) >= 11 is 3.35. The number of hydrogen-bond acceptors (Lipinski definition) is 3. The lowest BCUT2D eigenvalue weighted by Crippen LogP contribution is -2.62. The van der Waals surface area contributed by atoms with Crippen LogP contribution in [0.25, 0.3) is 0 Å². The molecule has 1 fully saturated rings. The Hall–Kier alpha value is -1.36. The fourth-order valence-electron chi connectivity index (χ4n) is 2.09. The first-order valence-electron chi connectivity index (χ1n) is 5.75. The maximum Gasteiger partial charge on any atom is 0.329 e. The third-order valence-electron chi connectivity index (χ3n) is 2.98. The van der Waals surface area contributed by atoms with Gasteiger partial charge in [0, 0.05) is 12.3 Å². The SMILES string of the molecule is CC(=O)ON1C(=O)C(Cc2ccccc2)C1CBr. The lowest BCUT2D eigenvalue weighted by molar-refractivity contribution is -0.234. The minimum Gasteiger partial charge on any atom is -0.338 e. The van der Waals surface area contributed by atoms with Crippen molar-refractivity contribution in [1.82, 2.24) is 5.06 Å². The number of halogens is 1. The van der Waals surface area contributed by atoms with Gasteiger partial charge in [-0.15, -0.1) is 0 Å². The zero-order valence-electron chi connectivity index (χ0n) is 10.0. The highest BCUT2D eigenvalue weighted by Crippen LogP contribution is 2.31. The fraction of sp³-hybridized carbons (Fsp3) is 0.385. The quantitative estimate of drug-likeness (QED) is 0.630. The van der Waals surface area contributed by atoms with Gasteiger partial charge in [0.25, 0.3) is 5.91 Å². The number of nitrogens with zero attached hydrogens (tertiary/aromatic N) is 1. The molecule has 1 aromatic carbocycles. The number of hydrogen-bond donors (Lipinski definition) is 0. The average molecular weight is 312 g/mol. The first-order valence-corrected chi connectivity index (χ1v) is 6.87. The van der Waals surface area contributed by atoms with Crippen LogP contribution < -0.4 is 0 Å². The molecule has 1 heterocycles. The van der Waals surface area contributed by atoms with Gasteiger partial charge in [-0.25, -0.2) is 0 Å². The molecule has 4 nitrogen and oxygen atoms in total. The van der Waals surface area contributed by atoms with E-state index in [-0.39, 0.29) is 17.9 Å². The Morgan fingerprint density at radius 3 is 2.61 bits per heavy atom. The molecule has 0 spiro atoms. The van der Waals surface area contributed by atoms with E-state index in [1.807, 2.05) is 30.3 Å². The summed E-state index contributed by atoms with van der Waals surface area (Å²) in [4.78, 5) is 27.7. The standard InChI is InChI=1S/C13H14BrNO3/c1-9(16)18-15-12(8-14)11(13(15)17)7-10-5-3-2-4-6-10/h2-6,11-12H,7-8H2,1H3. The summed E-state index contributed by atoms with van der Waals surface area (Å²) in [6.45, 7) is 1.29. The van der Waals surface area contributed by atoms with E-state index in [1.165, 1.54) is 12.0 Å². The van der Waals surface area contributed by atoms with Crippen molar-refractivity contribution in [3.05, 3.63) is 35.9 Å². The van der Waals surface area contributed by atoms with Gasteiger partial charge in [0.05, 0.1) is 12.0 Å². The number of carbonyl (C=O) groups is 2. The molecule has 1 aliphatic rings. The molecule has 0 radical (unpaired) electrons. The van der Waals surface area contributed by atoms with Crippen molar-refractivity contribution in [2.45, 2.75) is 19.4 Å². The molecule has 1 aromatic rings. The molecule has 0 aromatic heterocycles. The van der Waals surface area contributed by atoms with Crippen LogP contribution in [0, 0.1) is 5.92 Å². The van der Waals surface area contributed by atoms with E-state index in [1.54, 1.807) is 0 Å². The minimum atomic E-state index is -0.465. The van der Waals surface area contributed by atoms with Crippen molar-refractivity contribution in [2.75, 3.05) is 5.33 Å². The second-order valence-electron chi connectivity index (χ2n) is 4.26. The normalized spacial score (nSPS) is 22.6. The molecule has 1 saturated heterocycles. The van der Waals surface area contributed by atoms with E-state index in [0.717, 1.165) is 5.56 Å². The zero-order chi connectivity index (χ0) is 13.1. The first-order chi connectivity index (χ1) is 8.63. The first kappa shape index (κ1) is 13.1. The molecule has 5 heteroatoms. The summed E-state index contributed by atoms with van der Waals surface area (Å²) in [5, 5.41) is 1.77. The van der Waals surface area contributed by atoms with Crippen LogP contribution in [-0.4, -0.2) is 28.3 Å². The van der Waals surface area contributed by atoms with Crippen molar-refractivity contribution in [1.29, 1.82) is 0 Å². The van der Waals surface area contributed by atoms with E-state index in [0.29, 0.717) is 11.8 Å². The van der Waals surface area contributed by atoms with Gasteiger partial charge in [-0.2, -0.15) is 5.06 Å². The van der Waals surface area contributed by atoms with Crippen LogP contribution in [0.3, 0.4) is 0 Å². The maximum absolute atomic E-state index is 11.9. The number of alkyl halides is 1. The molecule has 0 bridgehead atoms. The maximum atomic E-state index is 11.9. The summed E-state index contributed by atoms with van der Waals surface area (Å²) in [7, 11) is 0. The van der Waals surface area contributed by atoms with Gasteiger partial charge < -0.3 is 4.84 Å². The number of carbonyl (C=O) groups excluding carboxylic acids is 2. The van der Waals surface area contributed by atoms with Gasteiger partial charge in [0.15, 0.2) is 0 Å². The van der Waals surface area contributed by atoms with Crippen LogP contribution in [0.15, 0.2) is 30.3 Å². The van der Waals surface area contributed by atoms with Gasteiger partial charge >= 0.3 is 5.97 Å². The van der Waals surface area contributed by atoms with E-state index in [4.69, 9.17) is 4.84 Å². The average Bonchev–Trinajstić information content (AvgIpc) is 2.37. The third kappa shape index (κ3) is 2.56. The van der Waals surface area contributed by atoms with Gasteiger partial charge in [-0.3, -0.25) is 9.59 Å². The highest BCUT2D eigenvalue weighted by atomic mass is 79.9. The Labute approximate surface area is 114 Å². The monoisotopic (exact) mass is 311 g/mol. The molecule has 96 valence electrons. The topological polar surface area (TPSA) is 46.6 Å². The third-order valence-corrected chi connectivity index (χ3v) is 3.65. The van der Waals surface area contributed by atoms with Crippen molar-refractivity contribution >= 4 is 27.8 Å². The van der Waals surface area contributed by atoms with E-state index < -0.39 is 5.97 Å². The fourth-order valence-corrected chi connectivity index (χ4v) is 2.80. The van der Waals surface area contributed by atoms with Crippen LogP contribution in [0.1, 0.15) is 12.5 Å². The predicted octanol–water partition coefficient (Wildman–Crippen LogP) is 1.93. The van der Waals surface area contributed by atoms with Crippen LogP contribution in [0.4, 0.5) is 0 Å². The predicted molar refractivity (Wildman–Crippen MR) is 69.8 cm³/mol. The molecule has 2 rings (SSSR count). The van der Waals surface area contributed by atoms with E-state index in [9.17, 15) is 9.59 Å². The lowest BCUT2D eigenvalue weighted by atomic mass is 9.85. The summed E-state index contributed by atoms with van der Waals surface area (Å²) in [6, 6.07) is 9.75. The Morgan fingerprint density at radius 1 is 1.39 bits per heavy atom. The summed E-state index contributed by atoms with van der Waals surface area (Å²) in [6.07, 6.45) is 0.674. The molecule has 1 amide bonds. The molecular weight excluding hydrogens is 298 g/mol. The number of amides is 1. The molecule has 1 aliphatic heterocycles. The molecule has 0 N–H and O–H groups in total. The largest absolute Gasteiger partial charge is 0.338 e. The number of β-lactam (4-membered cyclic amide) rings is 1. The van der Waals surface area contributed by atoms with Gasteiger partial charge in [-0.05, 0) is 12.0 Å². The number of benzene rings is 1. The van der Waals surface area contributed by atoms with E-state index >= 15 is 0 Å². The van der Waals surface area contributed by atoms with Gasteiger partial charge in [-0.1, -0.05) is 46.3 Å². The van der Waals surface area contributed by atoms with Crippen LogP contribution in [0.2, 0.25) is 0 Å². The minimum absolute atomic E-state index is 0.0818. The second-order valence-corrected chi connectivity index (χ2v) is 4.91. The van der Waals surface area contributed by atoms with Gasteiger partial charge in [0.2, 0.25) is 0 Å². The highest BCUT2D eigenvalue weighted by Gasteiger charge is 2.49. The molecule has 0 saturated carbocycles. The molecule has 18 heavy (non-hydrogen) atoms. The highest BCUT2D eigenvalue weighted by molar-refractivity contribution is 9.09. The Kier molecular flexibility index (Phi) is 4.01. The Bertz CT molecular complexity index is 449. The van der Waals surface area contributed by atoms with Crippen molar-refractivity contribution in [2.24, 2.45) is 5.92 Å².